The molecule has 0 aromatic rings. The summed E-state index contributed by atoms with van der Waals surface area (Å²) in [5.41, 5.74) is 3.42. The molecule has 0 aliphatic rings. The van der Waals surface area contributed by atoms with Crippen LogP contribution in [0.25, 0.3) is 0 Å². The van der Waals surface area contributed by atoms with Gasteiger partial charge in [0.05, 0.1) is 0 Å². The zero-order valence-corrected chi connectivity index (χ0v) is 8.80. The molecule has 0 bridgehead atoms. The van der Waals surface area contributed by atoms with Gasteiger partial charge < -0.3 is 0 Å². The highest BCUT2D eigenvalue weighted by Gasteiger charge is 1.96. The lowest BCUT2D eigenvalue weighted by Crippen LogP contribution is -1.84. The van der Waals surface area contributed by atoms with E-state index in [9.17, 15) is 0 Å². The smallest absolute Gasteiger partial charge is 0.0270 e. The van der Waals surface area contributed by atoms with Gasteiger partial charge in [-0.2, -0.15) is 0 Å². The molecule has 0 aliphatic carbocycles. The van der Waals surface area contributed by atoms with E-state index in [4.69, 9.17) is 0 Å². The van der Waals surface area contributed by atoms with E-state index in [0.717, 1.165) is 11.1 Å². The first-order chi connectivity index (χ1) is 6.13. The molecule has 13 heavy (non-hydrogen) atoms. The van der Waals surface area contributed by atoms with Crippen LogP contribution >= 0.6 is 0 Å². The third kappa shape index (κ3) is 4.32. The SMILES string of the molecule is C=CC=C(C)C(=C)C(C)=CC=CC. The van der Waals surface area contributed by atoms with E-state index in [1.165, 1.54) is 5.57 Å². The second-order valence-electron chi connectivity index (χ2n) is 2.94. The number of hydrogen-bond donors (Lipinski definition) is 0. The van der Waals surface area contributed by atoms with Crippen LogP contribution in [-0.2, 0) is 0 Å². The zero-order valence-electron chi connectivity index (χ0n) is 8.80. The van der Waals surface area contributed by atoms with Crippen molar-refractivity contribution in [3.8, 4) is 0 Å². The van der Waals surface area contributed by atoms with Crippen LogP contribution in [-0.4, -0.2) is 0 Å². The van der Waals surface area contributed by atoms with Crippen molar-refractivity contribution in [1.29, 1.82) is 0 Å². The maximum Gasteiger partial charge on any atom is -0.0270 e. The summed E-state index contributed by atoms with van der Waals surface area (Å²) >= 11 is 0. The molecule has 0 saturated heterocycles. The minimum absolute atomic E-state index is 1.07. The van der Waals surface area contributed by atoms with Gasteiger partial charge in [-0.3, -0.25) is 0 Å². The molecule has 0 atom stereocenters. The molecule has 0 heterocycles. The lowest BCUT2D eigenvalue weighted by Gasteiger charge is -2.04. The lowest BCUT2D eigenvalue weighted by molar-refractivity contribution is 1.33. The van der Waals surface area contributed by atoms with Crippen molar-refractivity contribution in [3.05, 3.63) is 60.3 Å². The fourth-order valence-corrected chi connectivity index (χ4v) is 0.930. The molecule has 0 heteroatoms. The van der Waals surface area contributed by atoms with E-state index in [1.807, 2.05) is 32.1 Å². The lowest BCUT2D eigenvalue weighted by atomic mass is 10.0. The molecule has 0 saturated carbocycles. The summed E-state index contributed by atoms with van der Waals surface area (Å²) in [5.74, 6) is 0. The summed E-state index contributed by atoms with van der Waals surface area (Å²) in [6, 6.07) is 0. The van der Waals surface area contributed by atoms with Crippen LogP contribution in [0, 0.1) is 0 Å². The number of rotatable bonds is 4. The third-order valence-electron chi connectivity index (χ3n) is 1.86. The molecule has 0 rings (SSSR count). The molecule has 0 N–H and O–H groups in total. The Kier molecular flexibility index (Phi) is 5.62. The summed E-state index contributed by atoms with van der Waals surface area (Å²) < 4.78 is 0. The van der Waals surface area contributed by atoms with Crippen LogP contribution in [0.1, 0.15) is 20.8 Å². The van der Waals surface area contributed by atoms with Crippen molar-refractivity contribution >= 4 is 0 Å². The first-order valence-corrected chi connectivity index (χ1v) is 4.42. The molecule has 0 fully saturated rings. The van der Waals surface area contributed by atoms with E-state index in [1.54, 1.807) is 6.08 Å². The van der Waals surface area contributed by atoms with E-state index in [-0.39, 0.29) is 0 Å². The molecule has 0 aliphatic heterocycles. The third-order valence-corrected chi connectivity index (χ3v) is 1.86. The molecule has 0 unspecified atom stereocenters. The zero-order chi connectivity index (χ0) is 10.3. The molecule has 0 nitrogen and oxygen atoms in total. The second kappa shape index (κ2) is 6.24. The van der Waals surface area contributed by atoms with E-state index < -0.39 is 0 Å². The fraction of sp³-hybridized carbons (Fsp3) is 0.231. The van der Waals surface area contributed by atoms with Gasteiger partial charge in [-0.15, -0.1) is 0 Å². The summed E-state index contributed by atoms with van der Waals surface area (Å²) in [6.07, 6.45) is 9.83. The van der Waals surface area contributed by atoms with Crippen molar-refractivity contribution in [3.63, 3.8) is 0 Å². The average molecular weight is 174 g/mol. The Balaban J connectivity index is 4.60. The normalized spacial score (nSPS) is 13.5. The van der Waals surface area contributed by atoms with Gasteiger partial charge >= 0.3 is 0 Å². The Labute approximate surface area is 81.7 Å². The Bertz CT molecular complexity index is 272. The highest BCUT2D eigenvalue weighted by molar-refractivity contribution is 5.44. The number of hydrogen-bond acceptors (Lipinski definition) is 0. The quantitative estimate of drug-likeness (QED) is 0.560. The van der Waals surface area contributed by atoms with Crippen LogP contribution in [0.3, 0.4) is 0 Å². The van der Waals surface area contributed by atoms with E-state index in [2.05, 4.69) is 26.2 Å². The van der Waals surface area contributed by atoms with Crippen molar-refractivity contribution in [2.24, 2.45) is 0 Å². The van der Waals surface area contributed by atoms with Gasteiger partial charge in [0, 0.05) is 0 Å². The van der Waals surface area contributed by atoms with Gasteiger partial charge in [-0.05, 0) is 37.5 Å². The summed E-state index contributed by atoms with van der Waals surface area (Å²) in [6.45, 7) is 13.8. The topological polar surface area (TPSA) is 0 Å². The van der Waals surface area contributed by atoms with Crippen molar-refractivity contribution < 1.29 is 0 Å². The maximum atomic E-state index is 4.01. The molecular formula is C13H18. The molecule has 0 spiro atoms. The fourth-order valence-electron chi connectivity index (χ4n) is 0.930. The maximum absolute atomic E-state index is 4.01. The molecule has 0 aromatic carbocycles. The molecular weight excluding hydrogens is 156 g/mol. The van der Waals surface area contributed by atoms with Gasteiger partial charge in [-0.1, -0.05) is 43.5 Å². The molecule has 0 radical (unpaired) electrons. The minimum Gasteiger partial charge on any atom is -0.0991 e. The van der Waals surface area contributed by atoms with Crippen LogP contribution in [0.15, 0.2) is 60.3 Å². The highest BCUT2D eigenvalue weighted by Crippen LogP contribution is 2.16. The van der Waals surface area contributed by atoms with Crippen molar-refractivity contribution in [2.75, 3.05) is 0 Å². The first-order valence-electron chi connectivity index (χ1n) is 4.42. The van der Waals surface area contributed by atoms with Crippen LogP contribution in [0.4, 0.5) is 0 Å². The predicted molar refractivity (Wildman–Crippen MR) is 61.7 cm³/mol. The monoisotopic (exact) mass is 174 g/mol. The van der Waals surface area contributed by atoms with Gasteiger partial charge in [0.1, 0.15) is 0 Å². The van der Waals surface area contributed by atoms with Crippen molar-refractivity contribution in [2.45, 2.75) is 20.8 Å². The van der Waals surface area contributed by atoms with E-state index in [0.29, 0.717) is 0 Å². The first kappa shape index (κ1) is 11.7. The Morgan fingerprint density at radius 3 is 2.08 bits per heavy atom. The second-order valence-corrected chi connectivity index (χ2v) is 2.94. The summed E-state index contributed by atoms with van der Waals surface area (Å²) in [7, 11) is 0. The predicted octanol–water partition coefficient (Wildman–Crippen LogP) is 4.20. The Morgan fingerprint density at radius 1 is 1.08 bits per heavy atom. The van der Waals surface area contributed by atoms with Gasteiger partial charge in [0.15, 0.2) is 0 Å². The standard InChI is InChI=1S/C13H18/c1-6-8-10-12(4)13(5)11(3)9-7-2/h6-10H,2,5H2,1,3-4H3. The number of allylic oxidation sites excluding steroid dienone is 8. The Hall–Kier alpha value is -1.30. The van der Waals surface area contributed by atoms with Gasteiger partial charge in [0.2, 0.25) is 0 Å². The van der Waals surface area contributed by atoms with Crippen LogP contribution in [0.2, 0.25) is 0 Å². The van der Waals surface area contributed by atoms with Crippen LogP contribution in [0.5, 0.6) is 0 Å². The largest absolute Gasteiger partial charge is 0.0991 e. The van der Waals surface area contributed by atoms with Gasteiger partial charge in [-0.25, -0.2) is 0 Å². The molecule has 0 amide bonds. The summed E-state index contributed by atoms with van der Waals surface area (Å²) in [4.78, 5) is 0. The van der Waals surface area contributed by atoms with E-state index >= 15 is 0 Å². The average Bonchev–Trinajstić information content (AvgIpc) is 2.13. The molecule has 0 aromatic heterocycles. The minimum atomic E-state index is 1.07. The van der Waals surface area contributed by atoms with Crippen LogP contribution < -0.4 is 0 Å². The summed E-state index contributed by atoms with van der Waals surface area (Å²) in [5, 5.41) is 0. The van der Waals surface area contributed by atoms with Gasteiger partial charge in [0.25, 0.3) is 0 Å². The Morgan fingerprint density at radius 2 is 1.62 bits per heavy atom. The highest BCUT2D eigenvalue weighted by atomic mass is 14.0. The van der Waals surface area contributed by atoms with Crippen molar-refractivity contribution in [1.82, 2.24) is 0 Å². The molecule has 70 valence electrons.